The normalized spacial score (nSPS) is 17.7. The number of hydrogen-bond donors (Lipinski definition) is 2. The number of esters is 2. The van der Waals surface area contributed by atoms with Crippen molar-refractivity contribution in [2.24, 2.45) is 29.4 Å². The van der Waals surface area contributed by atoms with E-state index in [9.17, 15) is 24.3 Å². The molecule has 1 aliphatic carbocycles. The number of aliphatic carboxylic acids is 1. The molecule has 0 bridgehead atoms. The van der Waals surface area contributed by atoms with Gasteiger partial charge in [0.1, 0.15) is 17.7 Å². The first kappa shape index (κ1) is 34.1. The lowest BCUT2D eigenvalue weighted by Gasteiger charge is -2.28. The van der Waals surface area contributed by atoms with Crippen molar-refractivity contribution in [1.29, 1.82) is 0 Å². The van der Waals surface area contributed by atoms with Crippen molar-refractivity contribution >= 4 is 24.1 Å². The van der Waals surface area contributed by atoms with E-state index in [0.29, 0.717) is 5.56 Å². The molecule has 4 atom stereocenters. The highest BCUT2D eigenvalue weighted by atomic mass is 16.7. The second kappa shape index (κ2) is 15.2. The molecule has 1 saturated carbocycles. The number of benzene rings is 1. The molecule has 0 aromatic heterocycles. The van der Waals surface area contributed by atoms with Gasteiger partial charge in [0.05, 0.1) is 11.8 Å². The molecule has 2 rings (SSSR count). The molecule has 0 amide bonds. The predicted molar refractivity (Wildman–Crippen MR) is 152 cm³/mol. The number of ether oxygens (including phenoxy) is 4. The summed E-state index contributed by atoms with van der Waals surface area (Å²) < 4.78 is 21.9. The highest BCUT2D eigenvalue weighted by molar-refractivity contribution is 5.80. The molecule has 1 aromatic rings. The van der Waals surface area contributed by atoms with Crippen LogP contribution in [0, 0.1) is 23.7 Å². The Hall–Kier alpha value is -3.14. The van der Waals surface area contributed by atoms with E-state index in [0.717, 1.165) is 32.1 Å². The van der Waals surface area contributed by atoms with E-state index in [1.807, 2.05) is 27.7 Å². The van der Waals surface area contributed by atoms with Gasteiger partial charge in [-0.25, -0.2) is 4.79 Å². The van der Waals surface area contributed by atoms with Crippen LogP contribution in [0.2, 0.25) is 0 Å². The Morgan fingerprint density at radius 3 is 1.93 bits per heavy atom. The van der Waals surface area contributed by atoms with Gasteiger partial charge in [0.2, 0.25) is 0 Å². The van der Waals surface area contributed by atoms with Crippen molar-refractivity contribution in [3.63, 3.8) is 0 Å². The van der Waals surface area contributed by atoms with E-state index in [2.05, 4.69) is 0 Å². The number of rotatable bonds is 13. The van der Waals surface area contributed by atoms with Gasteiger partial charge in [-0.05, 0) is 62.1 Å². The second-order valence-electron chi connectivity index (χ2n) is 12.1. The fraction of sp³-hybridized carbons (Fsp3) is 0.677. The predicted octanol–water partition coefficient (Wildman–Crippen LogP) is 5.67. The minimum atomic E-state index is -1.82. The molecule has 0 saturated heterocycles. The molecule has 0 spiro atoms. The highest BCUT2D eigenvalue weighted by Crippen LogP contribution is 2.33. The van der Waals surface area contributed by atoms with Gasteiger partial charge >= 0.3 is 24.1 Å². The highest BCUT2D eigenvalue weighted by Gasteiger charge is 2.38. The number of nitrogens with two attached hydrogens (primary N) is 1. The minimum Gasteiger partial charge on any atom is -0.480 e. The Bertz CT molecular complexity index is 1060. The monoisotopic (exact) mass is 577 g/mol. The van der Waals surface area contributed by atoms with Crippen molar-refractivity contribution in [3.05, 3.63) is 23.8 Å². The van der Waals surface area contributed by atoms with Crippen LogP contribution in [0.25, 0.3) is 0 Å². The maximum absolute atomic E-state index is 12.8. The number of carboxylic acids is 1. The van der Waals surface area contributed by atoms with Gasteiger partial charge in [0.25, 0.3) is 0 Å². The molecule has 0 heterocycles. The average Bonchev–Trinajstić information content (AvgIpc) is 2.89. The standard InChI is InChI=1S/C31H47NO9/c1-18(2)21(6)27(33)40-25-14-13-23(15-26(25)41-28(34)22(7)19(3)4)17-31(32,29(35)36)16-20(5)38-30(37)39-24-11-9-8-10-12-24/h13-15,18-22,24H,8-12,16-17,32H2,1-7H3,(H,35,36)/t20-,21?,22?,31?/m0/s1. The molecule has 3 N–H and O–H groups in total. The van der Waals surface area contributed by atoms with E-state index < -0.39 is 47.5 Å². The average molecular weight is 578 g/mol. The Labute approximate surface area is 243 Å². The first-order chi connectivity index (χ1) is 19.1. The van der Waals surface area contributed by atoms with Crippen LogP contribution < -0.4 is 15.2 Å². The zero-order valence-corrected chi connectivity index (χ0v) is 25.4. The second-order valence-corrected chi connectivity index (χ2v) is 12.1. The summed E-state index contributed by atoms with van der Waals surface area (Å²) in [5.74, 6) is -3.03. The number of carbonyl (C=O) groups is 4. The van der Waals surface area contributed by atoms with E-state index in [-0.39, 0.29) is 42.3 Å². The fourth-order valence-corrected chi connectivity index (χ4v) is 4.44. The summed E-state index contributed by atoms with van der Waals surface area (Å²) in [6.45, 7) is 12.6. The lowest BCUT2D eigenvalue weighted by atomic mass is 9.86. The minimum absolute atomic E-state index is 0.00240. The van der Waals surface area contributed by atoms with Crippen LogP contribution in [0.4, 0.5) is 4.79 Å². The molecule has 1 aliphatic rings. The van der Waals surface area contributed by atoms with Crippen LogP contribution in [-0.4, -0.2) is 46.9 Å². The maximum Gasteiger partial charge on any atom is 0.508 e. The zero-order chi connectivity index (χ0) is 30.9. The molecule has 3 unspecified atom stereocenters. The summed E-state index contributed by atoms with van der Waals surface area (Å²) in [7, 11) is 0. The molecule has 10 nitrogen and oxygen atoms in total. The molecule has 230 valence electrons. The summed E-state index contributed by atoms with van der Waals surface area (Å²) in [4.78, 5) is 50.0. The van der Waals surface area contributed by atoms with Crippen molar-refractivity contribution in [2.75, 3.05) is 0 Å². The van der Waals surface area contributed by atoms with Crippen LogP contribution in [0.1, 0.15) is 92.6 Å². The van der Waals surface area contributed by atoms with Crippen molar-refractivity contribution < 1.29 is 43.2 Å². The molecule has 0 radical (unpaired) electrons. The Kier molecular flexibility index (Phi) is 12.6. The fourth-order valence-electron chi connectivity index (χ4n) is 4.44. The third-order valence-corrected chi connectivity index (χ3v) is 7.88. The van der Waals surface area contributed by atoms with Crippen LogP contribution in [0.3, 0.4) is 0 Å². The summed E-state index contributed by atoms with van der Waals surface area (Å²) in [6, 6.07) is 4.49. The molecule has 0 aliphatic heterocycles. The van der Waals surface area contributed by atoms with Crippen LogP contribution in [-0.2, 0) is 30.3 Å². The molecular formula is C31H47NO9. The van der Waals surface area contributed by atoms with Crippen molar-refractivity contribution in [3.8, 4) is 11.5 Å². The van der Waals surface area contributed by atoms with E-state index >= 15 is 0 Å². The Morgan fingerprint density at radius 2 is 1.41 bits per heavy atom. The lowest BCUT2D eigenvalue weighted by Crippen LogP contribution is -2.52. The van der Waals surface area contributed by atoms with Gasteiger partial charge in [-0.1, -0.05) is 54.0 Å². The number of carbonyl (C=O) groups excluding carboxylic acids is 3. The molecular weight excluding hydrogens is 530 g/mol. The largest absolute Gasteiger partial charge is 0.508 e. The quantitative estimate of drug-likeness (QED) is 0.221. The molecule has 1 aromatic carbocycles. The first-order valence-electron chi connectivity index (χ1n) is 14.6. The van der Waals surface area contributed by atoms with Crippen LogP contribution >= 0.6 is 0 Å². The van der Waals surface area contributed by atoms with Crippen LogP contribution in [0.15, 0.2) is 18.2 Å². The molecule has 41 heavy (non-hydrogen) atoms. The third-order valence-electron chi connectivity index (χ3n) is 7.88. The van der Waals surface area contributed by atoms with Gasteiger partial charge in [-0.3, -0.25) is 14.4 Å². The van der Waals surface area contributed by atoms with E-state index in [1.54, 1.807) is 26.8 Å². The van der Waals surface area contributed by atoms with Crippen molar-refractivity contribution in [2.45, 2.75) is 111 Å². The molecule has 1 fully saturated rings. The lowest BCUT2D eigenvalue weighted by molar-refractivity contribution is -0.145. The van der Waals surface area contributed by atoms with Gasteiger partial charge < -0.3 is 29.8 Å². The first-order valence-corrected chi connectivity index (χ1v) is 14.6. The van der Waals surface area contributed by atoms with Crippen molar-refractivity contribution in [1.82, 2.24) is 0 Å². The topological polar surface area (TPSA) is 151 Å². The van der Waals surface area contributed by atoms with Gasteiger partial charge in [-0.15, -0.1) is 0 Å². The zero-order valence-electron chi connectivity index (χ0n) is 25.4. The molecule has 10 heteroatoms. The van der Waals surface area contributed by atoms with E-state index in [1.165, 1.54) is 12.1 Å². The maximum atomic E-state index is 12.8. The van der Waals surface area contributed by atoms with Gasteiger partial charge in [0.15, 0.2) is 11.5 Å². The summed E-state index contributed by atoms with van der Waals surface area (Å²) in [5, 5.41) is 10.0. The summed E-state index contributed by atoms with van der Waals surface area (Å²) in [5.41, 5.74) is 4.96. The smallest absolute Gasteiger partial charge is 0.480 e. The van der Waals surface area contributed by atoms with Crippen LogP contribution in [0.5, 0.6) is 11.5 Å². The summed E-state index contributed by atoms with van der Waals surface area (Å²) >= 11 is 0. The number of hydrogen-bond acceptors (Lipinski definition) is 9. The number of carboxylic acid groups (broad SMARTS) is 1. The third kappa shape index (κ3) is 10.3. The Morgan fingerprint density at radius 1 is 0.878 bits per heavy atom. The summed E-state index contributed by atoms with van der Waals surface area (Å²) in [6.07, 6.45) is 2.41. The Balaban J connectivity index is 2.24. The SMILES string of the molecule is CC(C)C(C)C(=O)Oc1ccc(CC(N)(C[C@H](C)OC(=O)OC2CCCCC2)C(=O)O)cc1OC(=O)C(C)C(C)C. The van der Waals surface area contributed by atoms with Gasteiger partial charge in [0, 0.05) is 12.8 Å². The van der Waals surface area contributed by atoms with Gasteiger partial charge in [-0.2, -0.15) is 0 Å². The van der Waals surface area contributed by atoms with E-state index in [4.69, 9.17) is 24.7 Å².